The average molecular weight is 464 g/mol. The van der Waals surface area contributed by atoms with E-state index in [2.05, 4.69) is 25.7 Å². The van der Waals surface area contributed by atoms with Gasteiger partial charge in [-0.25, -0.2) is 4.98 Å². The molecule has 9 nitrogen and oxygen atoms in total. The van der Waals surface area contributed by atoms with Crippen LogP contribution in [-0.2, 0) is 22.6 Å². The summed E-state index contributed by atoms with van der Waals surface area (Å²) in [4.78, 5) is 26.5. The summed E-state index contributed by atoms with van der Waals surface area (Å²) >= 11 is 6.25. The van der Waals surface area contributed by atoms with Crippen molar-refractivity contribution < 1.29 is 9.53 Å². The first-order chi connectivity index (χ1) is 16.1. The highest BCUT2D eigenvalue weighted by Crippen LogP contribution is 2.40. The molecular weight excluding hydrogens is 442 g/mol. The van der Waals surface area contributed by atoms with Gasteiger partial charge in [0.2, 0.25) is 11.9 Å². The number of pyridine rings is 1. The second-order valence-electron chi connectivity index (χ2n) is 7.63. The third-order valence-electron chi connectivity index (χ3n) is 5.42. The van der Waals surface area contributed by atoms with Crippen LogP contribution in [0.4, 0.5) is 11.6 Å². The van der Waals surface area contributed by atoms with Crippen molar-refractivity contribution in [2.24, 2.45) is 0 Å². The van der Waals surface area contributed by atoms with Gasteiger partial charge >= 0.3 is 0 Å². The maximum absolute atomic E-state index is 13.0. The first-order valence-corrected chi connectivity index (χ1v) is 11.1. The number of anilines is 2. The third kappa shape index (κ3) is 4.37. The molecule has 1 aromatic carbocycles. The summed E-state index contributed by atoms with van der Waals surface area (Å²) in [6, 6.07) is 9.20. The largest absolute Gasteiger partial charge is 0.380 e. The van der Waals surface area contributed by atoms with Crippen molar-refractivity contribution in [2.45, 2.75) is 25.9 Å². The number of aromatic nitrogens is 5. The van der Waals surface area contributed by atoms with Crippen molar-refractivity contribution in [1.82, 2.24) is 24.7 Å². The highest BCUT2D eigenvalue weighted by Gasteiger charge is 2.35. The summed E-state index contributed by atoms with van der Waals surface area (Å²) in [5.74, 6) is -0.389. The number of carbonyl (C=O) groups excluding carboxylic acids is 1. The molecule has 1 unspecified atom stereocenters. The monoisotopic (exact) mass is 463 g/mol. The Labute approximate surface area is 195 Å². The summed E-state index contributed by atoms with van der Waals surface area (Å²) in [6.07, 6.45) is 5.36. The third-order valence-corrected chi connectivity index (χ3v) is 5.65. The summed E-state index contributed by atoms with van der Waals surface area (Å²) in [5.41, 5.74) is 3.59. The van der Waals surface area contributed by atoms with Crippen molar-refractivity contribution in [3.63, 3.8) is 0 Å². The minimum atomic E-state index is -0.618. The van der Waals surface area contributed by atoms with Gasteiger partial charge in [-0.15, -0.1) is 0 Å². The van der Waals surface area contributed by atoms with E-state index in [1.807, 2.05) is 25.3 Å². The lowest BCUT2D eigenvalue weighted by Gasteiger charge is -2.12. The van der Waals surface area contributed by atoms with Crippen LogP contribution >= 0.6 is 11.6 Å². The number of amides is 1. The molecule has 1 aliphatic heterocycles. The molecule has 0 bridgehead atoms. The van der Waals surface area contributed by atoms with E-state index in [1.54, 1.807) is 35.3 Å². The van der Waals surface area contributed by atoms with Gasteiger partial charge in [-0.05, 0) is 42.3 Å². The number of rotatable bonds is 8. The lowest BCUT2D eigenvalue weighted by Crippen LogP contribution is -2.16. The first kappa shape index (κ1) is 21.3. The van der Waals surface area contributed by atoms with E-state index < -0.39 is 5.92 Å². The Hall–Kier alpha value is -3.56. The van der Waals surface area contributed by atoms with Crippen LogP contribution in [0.2, 0.25) is 5.02 Å². The molecule has 5 rings (SSSR count). The normalized spacial score (nSPS) is 15.0. The molecule has 1 atom stereocenters. The Kier molecular flexibility index (Phi) is 5.89. The number of nitrogens with zero attached hydrogens (tertiary/aromatic N) is 5. The zero-order valence-corrected chi connectivity index (χ0v) is 18.7. The van der Waals surface area contributed by atoms with Gasteiger partial charge in [0.05, 0.1) is 24.2 Å². The van der Waals surface area contributed by atoms with E-state index in [4.69, 9.17) is 21.3 Å². The molecule has 0 radical (unpaired) electrons. The molecule has 4 aromatic rings. The predicted octanol–water partition coefficient (Wildman–Crippen LogP) is 3.61. The second kappa shape index (κ2) is 9.13. The SMILES string of the molecule is CCOCCn1cc2c(C3C(=O)Nc4ccc(Cl)cc43)nc(NCc3cccnc3)nc2n1. The predicted molar refractivity (Wildman–Crippen MR) is 125 cm³/mol. The Morgan fingerprint density at radius 2 is 2.18 bits per heavy atom. The van der Waals surface area contributed by atoms with Gasteiger partial charge in [0.1, 0.15) is 5.92 Å². The Morgan fingerprint density at radius 3 is 3.00 bits per heavy atom. The van der Waals surface area contributed by atoms with Crippen molar-refractivity contribution in [1.29, 1.82) is 0 Å². The fourth-order valence-electron chi connectivity index (χ4n) is 3.88. The Balaban J connectivity index is 1.56. The van der Waals surface area contributed by atoms with Gasteiger partial charge in [-0.2, -0.15) is 10.1 Å². The topological polar surface area (TPSA) is 107 Å². The number of fused-ring (bicyclic) bond motifs is 2. The highest BCUT2D eigenvalue weighted by atomic mass is 35.5. The fraction of sp³-hybridized carbons (Fsp3) is 0.261. The number of nitrogens with one attached hydrogen (secondary N) is 2. The first-order valence-electron chi connectivity index (χ1n) is 10.7. The summed E-state index contributed by atoms with van der Waals surface area (Å²) in [7, 11) is 0. The van der Waals surface area contributed by atoms with Gasteiger partial charge < -0.3 is 15.4 Å². The van der Waals surface area contributed by atoms with Gasteiger partial charge in [0.15, 0.2) is 5.65 Å². The second-order valence-corrected chi connectivity index (χ2v) is 8.06. The maximum Gasteiger partial charge on any atom is 0.238 e. The lowest BCUT2D eigenvalue weighted by atomic mass is 9.95. The molecule has 0 fully saturated rings. The van der Waals surface area contributed by atoms with Crippen LogP contribution in [0, 0.1) is 0 Å². The van der Waals surface area contributed by atoms with Gasteiger partial charge in [0.25, 0.3) is 0 Å². The zero-order valence-electron chi connectivity index (χ0n) is 18.0. The molecule has 1 aliphatic rings. The van der Waals surface area contributed by atoms with Gasteiger partial charge in [0, 0.05) is 42.5 Å². The summed E-state index contributed by atoms with van der Waals surface area (Å²) in [6.45, 7) is 4.17. The number of ether oxygens (including phenoxy) is 1. The quantitative estimate of drug-likeness (QED) is 0.384. The van der Waals surface area contributed by atoms with Gasteiger partial charge in [-0.3, -0.25) is 14.5 Å². The maximum atomic E-state index is 13.0. The van der Waals surface area contributed by atoms with Crippen LogP contribution in [0.25, 0.3) is 11.0 Å². The van der Waals surface area contributed by atoms with Crippen LogP contribution in [-0.4, -0.2) is 43.9 Å². The van der Waals surface area contributed by atoms with Crippen molar-refractivity contribution in [2.75, 3.05) is 23.8 Å². The molecule has 0 aliphatic carbocycles. The van der Waals surface area contributed by atoms with Crippen LogP contribution in [0.1, 0.15) is 29.7 Å². The smallest absolute Gasteiger partial charge is 0.238 e. The molecule has 10 heteroatoms. The summed E-state index contributed by atoms with van der Waals surface area (Å²) < 4.78 is 7.23. The number of carbonyl (C=O) groups is 1. The average Bonchev–Trinajstić information content (AvgIpc) is 3.37. The molecule has 1 amide bonds. The van der Waals surface area contributed by atoms with Crippen LogP contribution in [0.5, 0.6) is 0 Å². The van der Waals surface area contributed by atoms with Crippen molar-refractivity contribution in [3.05, 3.63) is 70.8 Å². The fourth-order valence-corrected chi connectivity index (χ4v) is 4.06. The van der Waals surface area contributed by atoms with E-state index in [-0.39, 0.29) is 5.91 Å². The Morgan fingerprint density at radius 1 is 1.27 bits per heavy atom. The van der Waals surface area contributed by atoms with Crippen LogP contribution in [0.15, 0.2) is 48.9 Å². The molecule has 168 valence electrons. The molecule has 0 spiro atoms. The number of hydrogen-bond acceptors (Lipinski definition) is 7. The number of benzene rings is 1. The van der Waals surface area contributed by atoms with E-state index >= 15 is 0 Å². The molecule has 0 saturated heterocycles. The molecular formula is C23H22ClN7O2. The number of halogens is 1. The van der Waals surface area contributed by atoms with E-state index in [1.165, 1.54) is 0 Å². The van der Waals surface area contributed by atoms with Crippen molar-refractivity contribution in [3.8, 4) is 0 Å². The minimum Gasteiger partial charge on any atom is -0.380 e. The molecule has 2 N–H and O–H groups in total. The van der Waals surface area contributed by atoms with Crippen LogP contribution < -0.4 is 10.6 Å². The van der Waals surface area contributed by atoms with E-state index in [9.17, 15) is 4.79 Å². The zero-order chi connectivity index (χ0) is 22.8. The number of hydrogen-bond donors (Lipinski definition) is 2. The lowest BCUT2D eigenvalue weighted by molar-refractivity contribution is -0.116. The van der Waals surface area contributed by atoms with Crippen LogP contribution in [0.3, 0.4) is 0 Å². The standard InChI is InChI=1S/C23H22ClN7O2/c1-2-33-9-8-31-13-17-20(19-16-10-15(24)5-6-18(16)27-22(19)32)28-23(29-21(17)30-31)26-12-14-4-3-7-25-11-14/h3-7,10-11,13,19H,2,8-9,12H2,1H3,(H,27,32)(H,26,29,30). The minimum absolute atomic E-state index is 0.160. The van der Waals surface area contributed by atoms with E-state index in [0.29, 0.717) is 54.0 Å². The Bertz CT molecular complexity index is 1310. The molecule has 3 aromatic heterocycles. The molecule has 4 heterocycles. The summed E-state index contributed by atoms with van der Waals surface area (Å²) in [5, 5.41) is 12.0. The van der Waals surface area contributed by atoms with E-state index in [0.717, 1.165) is 16.8 Å². The highest BCUT2D eigenvalue weighted by molar-refractivity contribution is 6.31. The molecule has 33 heavy (non-hydrogen) atoms. The van der Waals surface area contributed by atoms with Crippen molar-refractivity contribution >= 4 is 40.2 Å². The van der Waals surface area contributed by atoms with Gasteiger partial charge in [-0.1, -0.05) is 17.7 Å². The molecule has 0 saturated carbocycles.